The molecule has 0 bridgehead atoms. The third-order valence-corrected chi connectivity index (χ3v) is 10.7. The Morgan fingerprint density at radius 3 is 1.84 bits per heavy atom. The Bertz CT molecular complexity index is 2280. The molecule has 11 heteroatoms. The predicted octanol–water partition coefficient (Wildman–Crippen LogP) is 5.90. The lowest BCUT2D eigenvalue weighted by atomic mass is 10.1. The monoisotopic (exact) mass is 642 g/mol. The number of nitrogens with one attached hydrogen (secondary N) is 2. The molecular formula is C34H34N4O5S2. The number of hydrogen-bond acceptors (Lipinski definition) is 7. The summed E-state index contributed by atoms with van der Waals surface area (Å²) in [6.07, 6.45) is 2.17. The highest BCUT2D eigenvalue weighted by atomic mass is 32.2. The van der Waals surface area contributed by atoms with E-state index >= 15 is 0 Å². The maximum Gasteiger partial charge on any atom is 0.339 e. The number of anilines is 2. The van der Waals surface area contributed by atoms with Crippen LogP contribution >= 0.6 is 0 Å². The second kappa shape index (κ2) is 11.7. The maximum absolute atomic E-state index is 13.5. The summed E-state index contributed by atoms with van der Waals surface area (Å²) in [6.45, 7) is 0.145. The quantitative estimate of drug-likeness (QED) is 0.179. The molecule has 0 aliphatic heterocycles. The second-order valence-electron chi connectivity index (χ2n) is 11.3. The summed E-state index contributed by atoms with van der Waals surface area (Å²) in [4.78, 5) is 7.37. The fourth-order valence-electron chi connectivity index (χ4n) is 5.75. The van der Waals surface area contributed by atoms with Gasteiger partial charge >= 0.3 is 10.1 Å². The van der Waals surface area contributed by atoms with Crippen LogP contribution in [-0.2, 0) is 26.6 Å². The Morgan fingerprint density at radius 2 is 1.22 bits per heavy atom. The van der Waals surface area contributed by atoms with Crippen molar-refractivity contribution in [3.8, 4) is 5.75 Å². The van der Waals surface area contributed by atoms with E-state index in [9.17, 15) is 16.8 Å². The van der Waals surface area contributed by atoms with Gasteiger partial charge in [0.2, 0.25) is 10.0 Å². The molecule has 0 aliphatic carbocycles. The van der Waals surface area contributed by atoms with Crippen LogP contribution in [0, 0.1) is 0 Å². The van der Waals surface area contributed by atoms with E-state index in [0.717, 1.165) is 38.6 Å². The molecule has 0 atom stereocenters. The zero-order valence-corrected chi connectivity index (χ0v) is 27.0. The van der Waals surface area contributed by atoms with Crippen LogP contribution in [0.4, 0.5) is 11.4 Å². The van der Waals surface area contributed by atoms with Gasteiger partial charge in [0.25, 0.3) is 0 Å². The zero-order chi connectivity index (χ0) is 31.9. The number of benzene rings is 5. The number of nitrogens with zero attached hydrogens (tertiary/aromatic N) is 2. The first-order valence-electron chi connectivity index (χ1n) is 14.4. The number of aromatic nitrogens is 1. The Morgan fingerprint density at radius 1 is 0.667 bits per heavy atom. The average molecular weight is 643 g/mol. The van der Waals surface area contributed by atoms with Crippen molar-refractivity contribution >= 4 is 64.0 Å². The van der Waals surface area contributed by atoms with Gasteiger partial charge in [0.15, 0.2) is 0 Å². The lowest BCUT2D eigenvalue weighted by Crippen LogP contribution is -2.26. The molecule has 232 valence electrons. The third kappa shape index (κ3) is 5.82. The van der Waals surface area contributed by atoms with Crippen LogP contribution in [0.15, 0.2) is 107 Å². The summed E-state index contributed by atoms with van der Waals surface area (Å²) in [5, 5.41) is 3.63. The Balaban J connectivity index is 1.23. The van der Waals surface area contributed by atoms with E-state index in [0.29, 0.717) is 17.2 Å². The first-order chi connectivity index (χ1) is 21.5. The van der Waals surface area contributed by atoms with Gasteiger partial charge in [-0.05, 0) is 54.4 Å². The van der Waals surface area contributed by atoms with E-state index in [-0.39, 0.29) is 22.1 Å². The molecule has 0 saturated heterocycles. The summed E-state index contributed by atoms with van der Waals surface area (Å²) >= 11 is 0. The van der Waals surface area contributed by atoms with Gasteiger partial charge in [0, 0.05) is 84.8 Å². The first-order valence-corrected chi connectivity index (χ1v) is 17.3. The molecule has 0 aliphatic rings. The number of fused-ring (bicyclic) bond motifs is 3. The van der Waals surface area contributed by atoms with Gasteiger partial charge in [-0.25, -0.2) is 13.1 Å². The number of aromatic amines is 1. The van der Waals surface area contributed by atoms with Crippen LogP contribution in [0.25, 0.3) is 32.4 Å². The number of sulfonamides is 1. The molecule has 0 fully saturated rings. The van der Waals surface area contributed by atoms with E-state index in [1.807, 2.05) is 80.5 Å². The minimum absolute atomic E-state index is 0.0821. The summed E-state index contributed by atoms with van der Waals surface area (Å²) < 4.78 is 62.2. The summed E-state index contributed by atoms with van der Waals surface area (Å²) in [5.74, 6) is 0.164. The largest absolute Gasteiger partial charge is 0.379 e. The van der Waals surface area contributed by atoms with Crippen LogP contribution in [0.5, 0.6) is 5.75 Å². The highest BCUT2D eigenvalue weighted by Gasteiger charge is 2.22. The Labute approximate surface area is 263 Å². The Kier molecular flexibility index (Phi) is 7.94. The fraction of sp³-hybridized carbons (Fsp3) is 0.176. The van der Waals surface area contributed by atoms with E-state index in [4.69, 9.17) is 4.18 Å². The SMILES string of the molecule is CN(C)c1cccc2c(S(=O)(=O)NCCc3c[nH]c4ccc(OS(=O)(=O)c5cccc6c(N(C)C)cccc56)cc34)cccc12. The van der Waals surface area contributed by atoms with Crippen molar-refractivity contribution in [1.29, 1.82) is 0 Å². The molecule has 45 heavy (non-hydrogen) atoms. The minimum atomic E-state index is -4.16. The molecule has 0 unspecified atom stereocenters. The average Bonchev–Trinajstić information content (AvgIpc) is 3.41. The second-order valence-corrected chi connectivity index (χ2v) is 14.5. The van der Waals surface area contributed by atoms with Crippen LogP contribution in [0.3, 0.4) is 0 Å². The lowest BCUT2D eigenvalue weighted by molar-refractivity contribution is 0.487. The molecule has 1 heterocycles. The van der Waals surface area contributed by atoms with E-state index < -0.39 is 20.1 Å². The molecule has 5 aromatic carbocycles. The lowest BCUT2D eigenvalue weighted by Gasteiger charge is -2.17. The van der Waals surface area contributed by atoms with Gasteiger partial charge in [-0.15, -0.1) is 0 Å². The minimum Gasteiger partial charge on any atom is -0.379 e. The molecule has 0 amide bonds. The molecular weight excluding hydrogens is 609 g/mol. The van der Waals surface area contributed by atoms with Gasteiger partial charge in [-0.2, -0.15) is 8.42 Å². The van der Waals surface area contributed by atoms with Crippen LogP contribution in [0.2, 0.25) is 0 Å². The van der Waals surface area contributed by atoms with Crippen LogP contribution < -0.4 is 18.7 Å². The molecule has 0 spiro atoms. The molecule has 0 radical (unpaired) electrons. The van der Waals surface area contributed by atoms with Gasteiger partial charge < -0.3 is 19.0 Å². The van der Waals surface area contributed by atoms with Crippen LogP contribution in [-0.4, -0.2) is 56.6 Å². The smallest absolute Gasteiger partial charge is 0.339 e. The summed E-state index contributed by atoms with van der Waals surface area (Å²) in [5.41, 5.74) is 3.44. The van der Waals surface area contributed by atoms with Crippen molar-refractivity contribution in [2.45, 2.75) is 16.2 Å². The first kappa shape index (κ1) is 30.4. The highest BCUT2D eigenvalue weighted by Crippen LogP contribution is 2.33. The van der Waals surface area contributed by atoms with Crippen molar-refractivity contribution in [3.05, 3.63) is 103 Å². The van der Waals surface area contributed by atoms with Crippen molar-refractivity contribution in [2.75, 3.05) is 44.5 Å². The normalized spacial score (nSPS) is 12.2. The van der Waals surface area contributed by atoms with Crippen molar-refractivity contribution in [1.82, 2.24) is 9.71 Å². The molecule has 6 rings (SSSR count). The number of rotatable bonds is 10. The van der Waals surface area contributed by atoms with E-state index in [2.05, 4.69) is 9.71 Å². The maximum atomic E-state index is 13.5. The van der Waals surface area contributed by atoms with Crippen molar-refractivity contribution in [3.63, 3.8) is 0 Å². The fourth-order valence-corrected chi connectivity index (χ4v) is 8.14. The van der Waals surface area contributed by atoms with E-state index in [1.54, 1.807) is 54.7 Å². The van der Waals surface area contributed by atoms with Gasteiger partial charge in [0.1, 0.15) is 10.6 Å². The van der Waals surface area contributed by atoms with Crippen LogP contribution in [0.1, 0.15) is 5.56 Å². The van der Waals surface area contributed by atoms with Crippen molar-refractivity contribution in [2.24, 2.45) is 0 Å². The summed E-state index contributed by atoms with van der Waals surface area (Å²) in [7, 11) is -0.314. The Hall–Kier alpha value is -4.58. The van der Waals surface area contributed by atoms with Gasteiger partial charge in [0.05, 0.1) is 4.90 Å². The molecule has 1 aromatic heterocycles. The van der Waals surface area contributed by atoms with E-state index in [1.165, 1.54) is 0 Å². The molecule has 0 saturated carbocycles. The van der Waals surface area contributed by atoms with Gasteiger partial charge in [-0.3, -0.25) is 0 Å². The summed E-state index contributed by atoms with van der Waals surface area (Å²) in [6, 6.07) is 26.6. The molecule has 9 nitrogen and oxygen atoms in total. The molecule has 2 N–H and O–H groups in total. The van der Waals surface area contributed by atoms with Crippen molar-refractivity contribution < 1.29 is 21.0 Å². The third-order valence-electron chi connectivity index (χ3n) is 7.87. The standard InChI is InChI=1S/C34H34N4O5S2/c1-37(2)31-13-5-11-27-25(31)9-7-15-33(27)44(39,40)36-20-19-23-22-35-30-18-17-24(21-29(23)30)43-45(41,42)34-16-8-10-26-28(34)12-6-14-32(26)38(3)4/h5-18,21-22,35-36H,19-20H2,1-4H3. The topological polar surface area (TPSA) is 112 Å². The predicted molar refractivity (Wildman–Crippen MR) is 182 cm³/mol. The van der Waals surface area contributed by atoms with Gasteiger partial charge in [-0.1, -0.05) is 48.5 Å². The number of hydrogen-bond donors (Lipinski definition) is 2. The number of H-pyrrole nitrogens is 1. The highest BCUT2D eigenvalue weighted by molar-refractivity contribution is 7.89. The zero-order valence-electron chi connectivity index (χ0n) is 25.4. The molecule has 6 aromatic rings.